The van der Waals surface area contributed by atoms with E-state index in [4.69, 9.17) is 27.2 Å². The number of fused-ring (bicyclic) bond motifs is 2. The fraction of sp³-hybridized carbons (Fsp3) is 0.645. The topological polar surface area (TPSA) is 140 Å². The van der Waals surface area contributed by atoms with Crippen molar-refractivity contribution in [3.05, 3.63) is 46.5 Å². The molecule has 1 aromatic carbocycles. The second kappa shape index (κ2) is 13.3. The van der Waals surface area contributed by atoms with Gasteiger partial charge >= 0.3 is 28.7 Å². The minimum atomic E-state index is -3.65. The van der Waals surface area contributed by atoms with Gasteiger partial charge in [-0.05, 0) is 46.4 Å². The van der Waals surface area contributed by atoms with Crippen LogP contribution in [0.1, 0.15) is 72.0 Å². The number of ether oxygens (including phenoxy) is 3. The molecule has 1 amide bonds. The van der Waals surface area contributed by atoms with E-state index in [-0.39, 0.29) is 59.1 Å². The minimum Gasteiger partial charge on any atom is -0.486 e. The fourth-order valence-electron chi connectivity index (χ4n) is 6.57. The smallest absolute Gasteiger partial charge is 0.351 e. The normalized spacial score (nSPS) is 26.3. The van der Waals surface area contributed by atoms with Crippen LogP contribution in [-0.2, 0) is 17.7 Å². The van der Waals surface area contributed by atoms with E-state index < -0.39 is 59.2 Å². The molecule has 3 aliphatic rings. The van der Waals surface area contributed by atoms with Crippen LogP contribution in [0.25, 0.3) is 0 Å². The van der Waals surface area contributed by atoms with Crippen LogP contribution in [0.3, 0.4) is 0 Å². The van der Waals surface area contributed by atoms with E-state index in [9.17, 15) is 14.7 Å². The number of alkyl halides is 2. The van der Waals surface area contributed by atoms with Gasteiger partial charge in [0, 0.05) is 11.8 Å². The van der Waals surface area contributed by atoms with Gasteiger partial charge in [0.2, 0.25) is 6.23 Å². The van der Waals surface area contributed by atoms with Gasteiger partial charge in [0.1, 0.15) is 24.6 Å². The average molecular weight is 698 g/mol. The number of amides is 1. The highest BCUT2D eigenvalue weighted by Crippen LogP contribution is 2.52. The number of nitrogens with zero attached hydrogens (tertiary/aromatic N) is 2. The molecule has 16 heteroatoms. The molecule has 2 unspecified atom stereocenters. The zero-order valence-electron chi connectivity index (χ0n) is 28.0. The van der Waals surface area contributed by atoms with Gasteiger partial charge in [-0.1, -0.05) is 55.4 Å². The number of halogens is 2. The van der Waals surface area contributed by atoms with Crippen molar-refractivity contribution in [1.82, 2.24) is 9.55 Å². The lowest BCUT2D eigenvalue weighted by Gasteiger charge is -2.51. The highest BCUT2D eigenvalue weighted by molar-refractivity contribution is 6.84. The molecule has 47 heavy (non-hydrogen) atoms. The molecule has 0 saturated carbocycles. The van der Waals surface area contributed by atoms with Gasteiger partial charge in [0.25, 0.3) is 5.91 Å². The first-order valence-electron chi connectivity index (χ1n) is 16.1. The number of carbonyl (C=O) groups excluding carboxylic acids is 1. The van der Waals surface area contributed by atoms with Crippen LogP contribution >= 0.6 is 0 Å². The third-order valence-electron chi connectivity index (χ3n) is 9.12. The first kappa shape index (κ1) is 35.6. The number of hydrogen-bond donors (Lipinski definition) is 2. The van der Waals surface area contributed by atoms with E-state index >= 15 is 8.78 Å². The summed E-state index contributed by atoms with van der Waals surface area (Å²) in [6, 6.07) is 5.73. The summed E-state index contributed by atoms with van der Waals surface area (Å²) in [6.07, 6.45) is -4.37. The number of benzene rings is 1. The zero-order valence-corrected chi connectivity index (χ0v) is 30.0. The van der Waals surface area contributed by atoms with Crippen LogP contribution in [0.4, 0.5) is 14.6 Å². The quantitative estimate of drug-likeness (QED) is 0.358. The van der Waals surface area contributed by atoms with Crippen molar-refractivity contribution in [3.8, 4) is 11.5 Å². The van der Waals surface area contributed by atoms with Crippen molar-refractivity contribution in [3.63, 3.8) is 0 Å². The number of aromatic nitrogens is 2. The van der Waals surface area contributed by atoms with Crippen LogP contribution in [0, 0.1) is 0 Å². The molecule has 3 aliphatic heterocycles. The zero-order chi connectivity index (χ0) is 34.5. The van der Waals surface area contributed by atoms with Gasteiger partial charge in [-0.15, -0.1) is 0 Å². The maximum Gasteiger partial charge on any atom is 0.351 e. The van der Waals surface area contributed by atoms with Gasteiger partial charge < -0.3 is 37.6 Å². The average Bonchev–Trinajstić information content (AvgIpc) is 3.23. The first-order valence-corrected chi connectivity index (χ1v) is 20.0. The summed E-state index contributed by atoms with van der Waals surface area (Å²) in [5.41, 5.74) is -1.21. The number of anilines is 1. The van der Waals surface area contributed by atoms with Gasteiger partial charge in [-0.25, -0.2) is 4.79 Å². The molecule has 4 atom stereocenters. The largest absolute Gasteiger partial charge is 0.486 e. The standard InChI is InChI=1S/C31H45F2N3O9Si2/c1-17(2)46(18(3)4)41-16-25-27(44-47(45-46,19(5)6)20(7)8)31(32,33)29(43-25)36-12-11-26(35-30(36)39)34-28(38)21-9-10-23-24(13-21)42-22(14-37)15-40-23/h9-13,17-20,22,25,27,29,37H,14-16H2,1-8H3,(H,34,35,38,39)/t22?,25-,27-,29?/m1/s1. The van der Waals surface area contributed by atoms with Crippen molar-refractivity contribution in [2.24, 2.45) is 0 Å². The van der Waals surface area contributed by atoms with E-state index in [0.717, 1.165) is 6.20 Å². The number of nitrogens with one attached hydrogen (secondary N) is 1. The molecule has 2 fully saturated rings. The lowest BCUT2D eigenvalue weighted by atomic mass is 10.1. The third-order valence-corrected chi connectivity index (χ3v) is 19.4. The molecule has 5 rings (SSSR count). The van der Waals surface area contributed by atoms with E-state index in [1.807, 2.05) is 55.4 Å². The van der Waals surface area contributed by atoms with Gasteiger partial charge in [0.05, 0.1) is 13.2 Å². The second-order valence-corrected chi connectivity index (χ2v) is 22.4. The number of rotatable bonds is 8. The Labute approximate surface area is 275 Å². The fourth-order valence-corrected chi connectivity index (χ4v) is 17.8. The maximum absolute atomic E-state index is 16.4. The Balaban J connectivity index is 1.41. The molecule has 0 bridgehead atoms. The molecule has 0 spiro atoms. The number of aliphatic hydroxyl groups excluding tert-OH is 1. The summed E-state index contributed by atoms with van der Waals surface area (Å²) < 4.78 is 70.7. The SMILES string of the molecule is CC(C)[Si]1(C(C)C)OC[C@H]2OC(n3ccc(NC(=O)c4ccc5c(c4)OC(CO)CO5)nc3=O)C(F)(F)[C@@H]2O[Si](C(C)C)(C(C)C)O1. The van der Waals surface area contributed by atoms with Crippen LogP contribution in [0.2, 0.25) is 22.2 Å². The van der Waals surface area contributed by atoms with Crippen molar-refractivity contribution >= 4 is 28.8 Å². The van der Waals surface area contributed by atoms with Crippen molar-refractivity contribution in [2.75, 3.05) is 25.1 Å². The molecule has 0 radical (unpaired) electrons. The lowest BCUT2D eigenvalue weighted by Crippen LogP contribution is -2.66. The van der Waals surface area contributed by atoms with Crippen molar-refractivity contribution in [2.45, 2.75) is 108 Å². The lowest BCUT2D eigenvalue weighted by molar-refractivity contribution is -0.140. The molecule has 2 saturated heterocycles. The van der Waals surface area contributed by atoms with Crippen LogP contribution < -0.4 is 20.5 Å². The molecule has 260 valence electrons. The van der Waals surface area contributed by atoms with Gasteiger partial charge in [-0.3, -0.25) is 9.36 Å². The molecule has 1 aromatic heterocycles. The van der Waals surface area contributed by atoms with Crippen LogP contribution in [0.15, 0.2) is 35.3 Å². The first-order chi connectivity index (χ1) is 22.1. The van der Waals surface area contributed by atoms with E-state index in [1.54, 1.807) is 6.07 Å². The number of carbonyl (C=O) groups is 1. The molecule has 2 aromatic rings. The van der Waals surface area contributed by atoms with E-state index in [1.165, 1.54) is 18.2 Å². The number of hydrogen-bond acceptors (Lipinski definition) is 10. The molecular weight excluding hydrogens is 653 g/mol. The Morgan fingerprint density at radius 3 is 2.28 bits per heavy atom. The minimum absolute atomic E-state index is 0.0129. The maximum atomic E-state index is 16.4. The van der Waals surface area contributed by atoms with E-state index in [0.29, 0.717) is 10.3 Å². The van der Waals surface area contributed by atoms with Gasteiger partial charge in [-0.2, -0.15) is 13.8 Å². The third kappa shape index (κ3) is 6.40. The number of aliphatic hydroxyl groups is 1. The van der Waals surface area contributed by atoms with Gasteiger partial charge in [0.15, 0.2) is 17.6 Å². The summed E-state index contributed by atoms with van der Waals surface area (Å²) in [6.45, 7) is 15.6. The monoisotopic (exact) mass is 697 g/mol. The highest BCUT2D eigenvalue weighted by atomic mass is 28.5. The summed E-state index contributed by atoms with van der Waals surface area (Å²) in [4.78, 5) is 30.0. The molecule has 0 aliphatic carbocycles. The Kier molecular flexibility index (Phi) is 10.1. The van der Waals surface area contributed by atoms with Crippen LogP contribution in [-0.4, -0.2) is 81.7 Å². The van der Waals surface area contributed by atoms with E-state index in [2.05, 4.69) is 10.3 Å². The Hall–Kier alpha value is -2.74. The summed E-state index contributed by atoms with van der Waals surface area (Å²) in [7, 11) is -6.38. The highest BCUT2D eigenvalue weighted by Gasteiger charge is 2.67. The predicted octanol–water partition coefficient (Wildman–Crippen LogP) is 5.12. The summed E-state index contributed by atoms with van der Waals surface area (Å²) >= 11 is 0. The Bertz CT molecular complexity index is 1510. The molecular formula is C31H45F2N3O9Si2. The Morgan fingerprint density at radius 1 is 1.02 bits per heavy atom. The second-order valence-electron chi connectivity index (χ2n) is 13.6. The molecule has 2 N–H and O–H groups in total. The Morgan fingerprint density at radius 2 is 1.68 bits per heavy atom. The predicted molar refractivity (Wildman–Crippen MR) is 173 cm³/mol. The van der Waals surface area contributed by atoms with Crippen molar-refractivity contribution in [1.29, 1.82) is 0 Å². The summed E-state index contributed by atoms with van der Waals surface area (Å²) in [5.74, 6) is -3.72. The molecule has 12 nitrogen and oxygen atoms in total. The molecule has 4 heterocycles. The van der Waals surface area contributed by atoms with Crippen LogP contribution in [0.5, 0.6) is 11.5 Å². The van der Waals surface area contributed by atoms with Crippen molar-refractivity contribution < 1.29 is 45.9 Å². The summed E-state index contributed by atoms with van der Waals surface area (Å²) in [5, 5.41) is 11.9.